The number of aryl methyl sites for hydroxylation is 1. The minimum Gasteiger partial charge on any atom is -0.352 e. The number of hydrogen-bond acceptors (Lipinski definition) is 2. The summed E-state index contributed by atoms with van der Waals surface area (Å²) in [7, 11) is 0. The Bertz CT molecular complexity index is 1340. The van der Waals surface area contributed by atoms with Crippen molar-refractivity contribution in [3.63, 3.8) is 0 Å². The van der Waals surface area contributed by atoms with Crippen LogP contribution in [-0.4, -0.2) is 22.9 Å². The Labute approximate surface area is 230 Å². The maximum Gasteiger partial charge on any atom is 0.268 e. The van der Waals surface area contributed by atoms with Crippen LogP contribution in [0.2, 0.25) is 5.02 Å². The summed E-state index contributed by atoms with van der Waals surface area (Å²) in [5.74, 6) is -0.510. The van der Waals surface area contributed by atoms with Gasteiger partial charge in [0.25, 0.3) is 11.8 Å². The molecule has 0 bridgehead atoms. The van der Waals surface area contributed by atoms with Crippen LogP contribution < -0.4 is 10.6 Å². The van der Waals surface area contributed by atoms with E-state index in [1.807, 2.05) is 44.4 Å². The summed E-state index contributed by atoms with van der Waals surface area (Å²) in [6.07, 6.45) is 3.42. The van der Waals surface area contributed by atoms with Gasteiger partial charge in [0.15, 0.2) is 0 Å². The number of benzene rings is 2. The van der Waals surface area contributed by atoms with Crippen molar-refractivity contribution in [2.75, 3.05) is 6.54 Å². The highest BCUT2D eigenvalue weighted by Gasteiger charge is 2.32. The maximum absolute atomic E-state index is 14.8. The number of nitrogens with zero attached hydrogens (tertiary/aromatic N) is 1. The standard InChI is InChI=1S/C31H39ClFN3O2/c1-8-14-34-28(37)23-17-21-18-26(36(15-9-2)25(21)19-24(23)32)29(38)35-27(30(4,5)10-3)20-12-11-13-22(16-20)31(6,7)33/h10-13,16-19,27H,3,8-9,14-15H2,1-2,4-7H3,(H,34,37)(H,35,38). The fourth-order valence-corrected chi connectivity index (χ4v) is 4.80. The van der Waals surface area contributed by atoms with Crippen LogP contribution in [0.4, 0.5) is 4.39 Å². The summed E-state index contributed by atoms with van der Waals surface area (Å²) in [5.41, 5.74) is 0.927. The van der Waals surface area contributed by atoms with Gasteiger partial charge in [-0.15, -0.1) is 6.58 Å². The lowest BCUT2D eigenvalue weighted by Crippen LogP contribution is -2.38. The highest BCUT2D eigenvalue weighted by molar-refractivity contribution is 6.34. The van der Waals surface area contributed by atoms with Crippen LogP contribution in [0.3, 0.4) is 0 Å². The molecular formula is C31H39ClFN3O2. The van der Waals surface area contributed by atoms with Gasteiger partial charge in [-0.05, 0) is 56.0 Å². The summed E-state index contributed by atoms with van der Waals surface area (Å²) in [5, 5.41) is 7.15. The molecule has 0 aliphatic heterocycles. The average molecular weight is 540 g/mol. The fourth-order valence-electron chi connectivity index (χ4n) is 4.55. The van der Waals surface area contributed by atoms with Crippen molar-refractivity contribution >= 4 is 34.3 Å². The molecule has 1 aromatic heterocycles. The number of carbonyl (C=O) groups excluding carboxylic acids is 2. The van der Waals surface area contributed by atoms with Gasteiger partial charge >= 0.3 is 0 Å². The molecule has 2 amide bonds. The number of aromatic nitrogens is 1. The molecule has 0 saturated heterocycles. The fraction of sp³-hybridized carbons (Fsp3) is 0.419. The molecule has 0 fully saturated rings. The molecule has 7 heteroatoms. The van der Waals surface area contributed by atoms with Crippen molar-refractivity contribution in [1.82, 2.24) is 15.2 Å². The van der Waals surface area contributed by atoms with E-state index in [1.54, 1.807) is 36.4 Å². The molecule has 38 heavy (non-hydrogen) atoms. The van der Waals surface area contributed by atoms with E-state index in [2.05, 4.69) is 17.2 Å². The molecule has 3 rings (SSSR count). The van der Waals surface area contributed by atoms with Gasteiger partial charge in [0, 0.05) is 23.9 Å². The lowest BCUT2D eigenvalue weighted by molar-refractivity contribution is 0.0901. The second-order valence-corrected chi connectivity index (χ2v) is 11.3. The molecular weight excluding hydrogens is 501 g/mol. The van der Waals surface area contributed by atoms with E-state index in [1.165, 1.54) is 13.8 Å². The number of hydrogen-bond donors (Lipinski definition) is 2. The first-order valence-electron chi connectivity index (χ1n) is 13.2. The van der Waals surface area contributed by atoms with E-state index in [4.69, 9.17) is 11.6 Å². The van der Waals surface area contributed by atoms with Crippen LogP contribution in [0.5, 0.6) is 0 Å². The third-order valence-electron chi connectivity index (χ3n) is 6.90. The third kappa shape index (κ3) is 6.29. The predicted octanol–water partition coefficient (Wildman–Crippen LogP) is 7.73. The van der Waals surface area contributed by atoms with Crippen LogP contribution in [0.25, 0.3) is 10.9 Å². The second-order valence-electron chi connectivity index (χ2n) is 10.9. The minimum absolute atomic E-state index is 0.239. The number of rotatable bonds is 11. The molecule has 2 N–H and O–H groups in total. The number of nitrogens with one attached hydrogen (secondary N) is 2. The smallest absolute Gasteiger partial charge is 0.268 e. The van der Waals surface area contributed by atoms with Gasteiger partial charge in [-0.25, -0.2) is 4.39 Å². The predicted molar refractivity (Wildman–Crippen MR) is 155 cm³/mol. The van der Waals surface area contributed by atoms with Crippen molar-refractivity contribution in [3.05, 3.63) is 82.5 Å². The van der Waals surface area contributed by atoms with Gasteiger partial charge in [0.05, 0.1) is 22.1 Å². The summed E-state index contributed by atoms with van der Waals surface area (Å²) >= 11 is 6.52. The molecule has 3 aromatic rings. The van der Waals surface area contributed by atoms with Crippen LogP contribution in [-0.2, 0) is 12.2 Å². The molecule has 1 atom stereocenters. The number of alkyl halides is 1. The minimum atomic E-state index is -1.52. The molecule has 1 unspecified atom stereocenters. The van der Waals surface area contributed by atoms with E-state index >= 15 is 0 Å². The molecule has 0 aliphatic rings. The Kier molecular flexibility index (Phi) is 9.09. The summed E-state index contributed by atoms with van der Waals surface area (Å²) in [6.45, 7) is 16.2. The normalized spacial score (nSPS) is 12.8. The van der Waals surface area contributed by atoms with Crippen LogP contribution in [0.1, 0.15) is 92.4 Å². The monoisotopic (exact) mass is 539 g/mol. The van der Waals surface area contributed by atoms with Crippen molar-refractivity contribution in [2.45, 2.75) is 72.6 Å². The zero-order chi connectivity index (χ0) is 28.3. The van der Waals surface area contributed by atoms with Crippen LogP contribution >= 0.6 is 11.6 Å². The van der Waals surface area contributed by atoms with Gasteiger partial charge in [-0.1, -0.05) is 69.6 Å². The quantitative estimate of drug-likeness (QED) is 0.245. The Morgan fingerprint density at radius 2 is 1.79 bits per heavy atom. The number of halogens is 2. The Morgan fingerprint density at radius 1 is 1.08 bits per heavy atom. The van der Waals surface area contributed by atoms with Gasteiger partial charge in [-0.3, -0.25) is 9.59 Å². The molecule has 0 radical (unpaired) electrons. The average Bonchev–Trinajstić information content (AvgIpc) is 3.22. The van der Waals surface area contributed by atoms with Crippen molar-refractivity contribution in [2.24, 2.45) is 5.41 Å². The van der Waals surface area contributed by atoms with E-state index < -0.39 is 17.1 Å². The number of fused-ring (bicyclic) bond motifs is 1. The first-order chi connectivity index (χ1) is 17.8. The lowest BCUT2D eigenvalue weighted by Gasteiger charge is -2.33. The molecule has 1 heterocycles. The first kappa shape index (κ1) is 29.4. The molecule has 0 spiro atoms. The number of carbonyl (C=O) groups is 2. The van der Waals surface area contributed by atoms with Gasteiger partial charge in [-0.2, -0.15) is 0 Å². The highest BCUT2D eigenvalue weighted by Crippen LogP contribution is 2.37. The van der Waals surface area contributed by atoms with Crippen molar-refractivity contribution in [1.29, 1.82) is 0 Å². The van der Waals surface area contributed by atoms with Crippen molar-refractivity contribution in [3.8, 4) is 0 Å². The summed E-state index contributed by atoms with van der Waals surface area (Å²) in [4.78, 5) is 26.5. The van der Waals surface area contributed by atoms with Gasteiger partial charge in [0.2, 0.25) is 0 Å². The number of amides is 2. The van der Waals surface area contributed by atoms with E-state index in [0.29, 0.717) is 34.9 Å². The van der Waals surface area contributed by atoms with E-state index in [-0.39, 0.29) is 11.8 Å². The van der Waals surface area contributed by atoms with Crippen LogP contribution in [0.15, 0.2) is 55.1 Å². The Morgan fingerprint density at radius 3 is 2.39 bits per heavy atom. The van der Waals surface area contributed by atoms with Crippen LogP contribution in [0, 0.1) is 5.41 Å². The lowest BCUT2D eigenvalue weighted by atomic mass is 9.79. The Hall–Kier alpha value is -3.12. The zero-order valence-electron chi connectivity index (χ0n) is 23.3. The largest absolute Gasteiger partial charge is 0.352 e. The maximum atomic E-state index is 14.8. The van der Waals surface area contributed by atoms with E-state index in [9.17, 15) is 14.0 Å². The van der Waals surface area contributed by atoms with Crippen molar-refractivity contribution < 1.29 is 14.0 Å². The van der Waals surface area contributed by atoms with E-state index in [0.717, 1.165) is 29.3 Å². The first-order valence-corrected chi connectivity index (χ1v) is 13.6. The molecule has 5 nitrogen and oxygen atoms in total. The third-order valence-corrected chi connectivity index (χ3v) is 7.21. The van der Waals surface area contributed by atoms with Gasteiger partial charge < -0.3 is 15.2 Å². The Balaban J connectivity index is 2.07. The second kappa shape index (κ2) is 11.7. The molecule has 0 saturated carbocycles. The zero-order valence-corrected chi connectivity index (χ0v) is 24.0. The van der Waals surface area contributed by atoms with Gasteiger partial charge in [0.1, 0.15) is 11.4 Å². The highest BCUT2D eigenvalue weighted by atomic mass is 35.5. The summed E-state index contributed by atoms with van der Waals surface area (Å²) in [6, 6.07) is 12.1. The summed E-state index contributed by atoms with van der Waals surface area (Å²) < 4.78 is 16.7. The molecule has 204 valence electrons. The molecule has 2 aromatic carbocycles. The SMILES string of the molecule is C=CC(C)(C)C(NC(=O)c1cc2cc(C(=O)NCCC)c(Cl)cc2n1CCC)c1cccc(C(C)(C)F)c1. The topological polar surface area (TPSA) is 63.1 Å². The molecule has 0 aliphatic carbocycles.